The molecule has 1 unspecified atom stereocenters. The van der Waals surface area contributed by atoms with Crippen molar-refractivity contribution < 1.29 is 0 Å². The summed E-state index contributed by atoms with van der Waals surface area (Å²) >= 11 is 1.84. The van der Waals surface area contributed by atoms with Gasteiger partial charge in [0.05, 0.1) is 5.01 Å². The fourth-order valence-electron chi connectivity index (χ4n) is 1.67. The van der Waals surface area contributed by atoms with Crippen LogP contribution in [0, 0.1) is 12.8 Å². The van der Waals surface area contributed by atoms with E-state index in [1.54, 1.807) is 0 Å². The smallest absolute Gasteiger partial charge is 0.0896 e. The van der Waals surface area contributed by atoms with Crippen LogP contribution in [0.3, 0.4) is 0 Å². The van der Waals surface area contributed by atoms with Gasteiger partial charge in [-0.25, -0.2) is 4.98 Å². The van der Waals surface area contributed by atoms with Crippen LogP contribution >= 0.6 is 11.3 Å². The van der Waals surface area contributed by atoms with Crippen LogP contribution in [-0.2, 0) is 6.42 Å². The van der Waals surface area contributed by atoms with Crippen molar-refractivity contribution in [3.05, 3.63) is 16.1 Å². The standard InChI is InChI=1S/C9H14N2S/c1-7-11-6-9(12-7)4-8-2-3-10-5-8/h6,8,10H,2-5H2,1H3. The van der Waals surface area contributed by atoms with Gasteiger partial charge in [0.2, 0.25) is 0 Å². The average molecular weight is 182 g/mol. The van der Waals surface area contributed by atoms with Crippen LogP contribution in [-0.4, -0.2) is 18.1 Å². The van der Waals surface area contributed by atoms with E-state index in [0.29, 0.717) is 0 Å². The summed E-state index contributed by atoms with van der Waals surface area (Å²) in [4.78, 5) is 5.70. The number of thiazole rings is 1. The van der Waals surface area contributed by atoms with Gasteiger partial charge in [-0.05, 0) is 38.8 Å². The number of rotatable bonds is 2. The zero-order valence-electron chi connectivity index (χ0n) is 7.34. The highest BCUT2D eigenvalue weighted by molar-refractivity contribution is 7.11. The molecule has 2 heterocycles. The van der Waals surface area contributed by atoms with E-state index >= 15 is 0 Å². The molecule has 0 bridgehead atoms. The minimum absolute atomic E-state index is 0.852. The second kappa shape index (κ2) is 3.54. The Morgan fingerprint density at radius 3 is 3.25 bits per heavy atom. The average Bonchev–Trinajstić information content (AvgIpc) is 2.63. The normalized spacial score (nSPS) is 23.2. The van der Waals surface area contributed by atoms with Gasteiger partial charge in [-0.15, -0.1) is 11.3 Å². The van der Waals surface area contributed by atoms with Crippen LogP contribution in [0.1, 0.15) is 16.3 Å². The van der Waals surface area contributed by atoms with E-state index in [0.717, 1.165) is 5.92 Å². The molecular formula is C9H14N2S. The van der Waals surface area contributed by atoms with Gasteiger partial charge in [-0.2, -0.15) is 0 Å². The lowest BCUT2D eigenvalue weighted by molar-refractivity contribution is 0.585. The fourth-order valence-corrected chi connectivity index (χ4v) is 2.58. The van der Waals surface area contributed by atoms with Crippen molar-refractivity contribution in [3.63, 3.8) is 0 Å². The van der Waals surface area contributed by atoms with Gasteiger partial charge in [0, 0.05) is 11.1 Å². The quantitative estimate of drug-likeness (QED) is 0.751. The first-order valence-corrected chi connectivity index (χ1v) is 5.28. The van der Waals surface area contributed by atoms with Gasteiger partial charge >= 0.3 is 0 Å². The van der Waals surface area contributed by atoms with Crippen LogP contribution in [0.25, 0.3) is 0 Å². The molecule has 0 saturated carbocycles. The van der Waals surface area contributed by atoms with E-state index in [1.807, 2.05) is 17.5 Å². The van der Waals surface area contributed by atoms with E-state index in [9.17, 15) is 0 Å². The number of hydrogen-bond donors (Lipinski definition) is 1. The molecule has 1 aromatic rings. The topological polar surface area (TPSA) is 24.9 Å². The Kier molecular flexibility index (Phi) is 2.42. The summed E-state index contributed by atoms with van der Waals surface area (Å²) in [5.41, 5.74) is 0. The fraction of sp³-hybridized carbons (Fsp3) is 0.667. The largest absolute Gasteiger partial charge is 0.316 e. The Labute approximate surface area is 77.0 Å². The molecule has 66 valence electrons. The van der Waals surface area contributed by atoms with Crippen LogP contribution in [0.2, 0.25) is 0 Å². The first-order valence-electron chi connectivity index (χ1n) is 4.46. The van der Waals surface area contributed by atoms with Crippen molar-refractivity contribution >= 4 is 11.3 Å². The molecular weight excluding hydrogens is 168 g/mol. The summed E-state index contributed by atoms with van der Waals surface area (Å²) < 4.78 is 0. The van der Waals surface area contributed by atoms with E-state index < -0.39 is 0 Å². The lowest BCUT2D eigenvalue weighted by Gasteiger charge is -2.03. The van der Waals surface area contributed by atoms with Crippen molar-refractivity contribution in [2.24, 2.45) is 5.92 Å². The van der Waals surface area contributed by atoms with Crippen molar-refractivity contribution in [2.75, 3.05) is 13.1 Å². The van der Waals surface area contributed by atoms with Gasteiger partial charge in [0.1, 0.15) is 0 Å². The summed E-state index contributed by atoms with van der Waals surface area (Å²) in [5.74, 6) is 0.852. The minimum Gasteiger partial charge on any atom is -0.316 e. The van der Waals surface area contributed by atoms with Gasteiger partial charge in [0.15, 0.2) is 0 Å². The molecule has 1 aliphatic heterocycles. The third-order valence-corrected chi connectivity index (χ3v) is 3.26. The molecule has 0 amide bonds. The summed E-state index contributed by atoms with van der Waals surface area (Å²) in [6.45, 7) is 4.46. The molecule has 0 spiro atoms. The number of aromatic nitrogens is 1. The zero-order chi connectivity index (χ0) is 8.39. The highest BCUT2D eigenvalue weighted by Crippen LogP contribution is 2.19. The summed E-state index contributed by atoms with van der Waals surface area (Å²) in [6.07, 6.45) is 4.58. The van der Waals surface area contributed by atoms with Crippen molar-refractivity contribution in [3.8, 4) is 0 Å². The summed E-state index contributed by atoms with van der Waals surface area (Å²) in [6, 6.07) is 0. The molecule has 0 aliphatic carbocycles. The molecule has 2 rings (SSSR count). The first kappa shape index (κ1) is 8.20. The maximum Gasteiger partial charge on any atom is 0.0896 e. The molecule has 1 fully saturated rings. The highest BCUT2D eigenvalue weighted by Gasteiger charge is 2.15. The first-order chi connectivity index (χ1) is 5.84. The van der Waals surface area contributed by atoms with E-state index in [-0.39, 0.29) is 0 Å². The van der Waals surface area contributed by atoms with Crippen LogP contribution in [0.5, 0.6) is 0 Å². The molecule has 1 aliphatic rings. The Morgan fingerprint density at radius 1 is 1.75 bits per heavy atom. The number of nitrogens with zero attached hydrogens (tertiary/aromatic N) is 1. The Balaban J connectivity index is 1.94. The van der Waals surface area contributed by atoms with E-state index in [4.69, 9.17) is 0 Å². The second-order valence-corrected chi connectivity index (χ2v) is 4.73. The van der Waals surface area contributed by atoms with Gasteiger partial charge < -0.3 is 5.32 Å². The van der Waals surface area contributed by atoms with E-state index in [2.05, 4.69) is 17.2 Å². The molecule has 0 aromatic carbocycles. The lowest BCUT2D eigenvalue weighted by Crippen LogP contribution is -2.10. The van der Waals surface area contributed by atoms with Crippen LogP contribution < -0.4 is 5.32 Å². The highest BCUT2D eigenvalue weighted by atomic mass is 32.1. The van der Waals surface area contributed by atoms with Crippen LogP contribution in [0.4, 0.5) is 0 Å². The van der Waals surface area contributed by atoms with Gasteiger partial charge in [0.25, 0.3) is 0 Å². The third kappa shape index (κ3) is 1.84. The molecule has 12 heavy (non-hydrogen) atoms. The molecule has 3 heteroatoms. The monoisotopic (exact) mass is 182 g/mol. The molecule has 1 N–H and O–H groups in total. The number of aryl methyl sites for hydroxylation is 1. The maximum atomic E-state index is 4.26. The van der Waals surface area contributed by atoms with E-state index in [1.165, 1.54) is 35.8 Å². The molecule has 1 atom stereocenters. The number of hydrogen-bond acceptors (Lipinski definition) is 3. The zero-order valence-corrected chi connectivity index (χ0v) is 8.16. The SMILES string of the molecule is Cc1ncc(CC2CCNC2)s1. The van der Waals surface area contributed by atoms with Crippen molar-refractivity contribution in [1.82, 2.24) is 10.3 Å². The Bertz CT molecular complexity index is 251. The number of nitrogens with one attached hydrogen (secondary N) is 1. The Morgan fingerprint density at radius 2 is 2.67 bits per heavy atom. The predicted octanol–water partition coefficient (Wildman–Crippen LogP) is 1.60. The minimum atomic E-state index is 0.852. The third-order valence-electron chi connectivity index (χ3n) is 2.32. The summed E-state index contributed by atoms with van der Waals surface area (Å²) in [7, 11) is 0. The van der Waals surface area contributed by atoms with Crippen LogP contribution in [0.15, 0.2) is 6.20 Å². The Hall–Kier alpha value is -0.410. The van der Waals surface area contributed by atoms with Gasteiger partial charge in [-0.3, -0.25) is 0 Å². The molecule has 0 radical (unpaired) electrons. The molecule has 1 aromatic heterocycles. The maximum absolute atomic E-state index is 4.26. The molecule has 2 nitrogen and oxygen atoms in total. The van der Waals surface area contributed by atoms with Crippen molar-refractivity contribution in [2.45, 2.75) is 19.8 Å². The van der Waals surface area contributed by atoms with Gasteiger partial charge in [-0.1, -0.05) is 0 Å². The van der Waals surface area contributed by atoms with Crippen molar-refractivity contribution in [1.29, 1.82) is 0 Å². The summed E-state index contributed by atoms with van der Waals surface area (Å²) in [5, 5.41) is 4.57. The predicted molar refractivity (Wildman–Crippen MR) is 51.5 cm³/mol. The lowest BCUT2D eigenvalue weighted by atomic mass is 10.0. The second-order valence-electron chi connectivity index (χ2n) is 3.41. The molecule has 1 saturated heterocycles.